The van der Waals surface area contributed by atoms with E-state index in [9.17, 15) is 9.59 Å². The summed E-state index contributed by atoms with van der Waals surface area (Å²) in [5, 5.41) is 0. The minimum Gasteiger partial charge on any atom is -0.497 e. The Balaban J connectivity index is 1.56. The molecule has 2 aromatic rings. The highest BCUT2D eigenvalue weighted by atomic mass is 16.5. The SMILES string of the molecule is COc1cccc([C@@H]2CN(C(=O)C3CC3)C[C@H]2C(=O)N(C)Cc2ccccc2)c1. The Labute approximate surface area is 172 Å². The van der Waals surface area contributed by atoms with Crippen LogP contribution in [-0.2, 0) is 16.1 Å². The maximum Gasteiger partial charge on any atom is 0.228 e. The first-order valence-corrected chi connectivity index (χ1v) is 10.3. The van der Waals surface area contributed by atoms with E-state index in [1.165, 1.54) is 0 Å². The summed E-state index contributed by atoms with van der Waals surface area (Å²) in [4.78, 5) is 29.8. The van der Waals surface area contributed by atoms with E-state index in [1.54, 1.807) is 12.0 Å². The molecule has 1 aliphatic carbocycles. The third kappa shape index (κ3) is 4.29. The van der Waals surface area contributed by atoms with E-state index in [0.717, 1.165) is 29.7 Å². The van der Waals surface area contributed by atoms with Gasteiger partial charge in [0.15, 0.2) is 0 Å². The van der Waals surface area contributed by atoms with Crippen LogP contribution in [0.2, 0.25) is 0 Å². The molecule has 0 aromatic heterocycles. The predicted molar refractivity (Wildman–Crippen MR) is 111 cm³/mol. The van der Waals surface area contributed by atoms with Crippen LogP contribution < -0.4 is 4.74 Å². The molecule has 0 spiro atoms. The summed E-state index contributed by atoms with van der Waals surface area (Å²) >= 11 is 0. The van der Waals surface area contributed by atoms with Crippen LogP contribution >= 0.6 is 0 Å². The van der Waals surface area contributed by atoms with Gasteiger partial charge in [-0.05, 0) is 36.1 Å². The fraction of sp³-hybridized carbons (Fsp3) is 0.417. The topological polar surface area (TPSA) is 49.9 Å². The highest BCUT2D eigenvalue weighted by molar-refractivity contribution is 5.85. The van der Waals surface area contributed by atoms with E-state index in [4.69, 9.17) is 4.74 Å². The summed E-state index contributed by atoms with van der Waals surface area (Å²) < 4.78 is 5.38. The first kappa shape index (κ1) is 19.5. The molecule has 2 amide bonds. The smallest absolute Gasteiger partial charge is 0.228 e. The molecule has 0 radical (unpaired) electrons. The Morgan fingerprint density at radius 2 is 1.83 bits per heavy atom. The second-order valence-electron chi connectivity index (χ2n) is 8.19. The summed E-state index contributed by atoms with van der Waals surface area (Å²) in [5.41, 5.74) is 2.16. The zero-order valence-corrected chi connectivity index (χ0v) is 17.1. The van der Waals surface area contributed by atoms with Gasteiger partial charge in [-0.25, -0.2) is 0 Å². The van der Waals surface area contributed by atoms with Gasteiger partial charge < -0.3 is 14.5 Å². The van der Waals surface area contributed by atoms with Crippen molar-refractivity contribution in [1.82, 2.24) is 9.80 Å². The molecule has 5 heteroatoms. The molecule has 5 nitrogen and oxygen atoms in total. The Hall–Kier alpha value is -2.82. The molecule has 0 bridgehead atoms. The molecule has 0 N–H and O–H groups in total. The number of likely N-dealkylation sites (tertiary alicyclic amines) is 1. The fourth-order valence-corrected chi connectivity index (χ4v) is 4.25. The first-order chi connectivity index (χ1) is 14.1. The first-order valence-electron chi connectivity index (χ1n) is 10.3. The number of rotatable bonds is 6. The zero-order valence-electron chi connectivity index (χ0n) is 17.1. The number of carbonyl (C=O) groups is 2. The van der Waals surface area contributed by atoms with Crippen LogP contribution in [0.4, 0.5) is 0 Å². The number of ether oxygens (including phenoxy) is 1. The number of nitrogens with zero attached hydrogens (tertiary/aromatic N) is 2. The lowest BCUT2D eigenvalue weighted by Gasteiger charge is -2.25. The number of hydrogen-bond acceptors (Lipinski definition) is 3. The lowest BCUT2D eigenvalue weighted by molar-refractivity contribution is -0.135. The van der Waals surface area contributed by atoms with Crippen molar-refractivity contribution in [2.24, 2.45) is 11.8 Å². The molecule has 1 heterocycles. The standard InChI is InChI=1S/C24H28N2O3/c1-25(14-17-7-4-3-5-8-17)24(28)22-16-26(23(27)18-11-12-18)15-21(22)19-9-6-10-20(13-19)29-2/h3-10,13,18,21-22H,11-12,14-16H2,1-2H3/t21-,22+/m0/s1. The van der Waals surface area contributed by atoms with Crippen LogP contribution in [0.15, 0.2) is 54.6 Å². The van der Waals surface area contributed by atoms with Crippen molar-refractivity contribution in [2.45, 2.75) is 25.3 Å². The van der Waals surface area contributed by atoms with Gasteiger partial charge in [-0.2, -0.15) is 0 Å². The summed E-state index contributed by atoms with van der Waals surface area (Å²) in [5.74, 6) is 0.985. The molecule has 2 aromatic carbocycles. The molecule has 2 atom stereocenters. The average molecular weight is 392 g/mol. The Morgan fingerprint density at radius 1 is 1.07 bits per heavy atom. The molecule has 29 heavy (non-hydrogen) atoms. The molecule has 152 valence electrons. The van der Waals surface area contributed by atoms with Gasteiger partial charge in [-0.3, -0.25) is 9.59 Å². The third-order valence-corrected chi connectivity index (χ3v) is 6.04. The molecular weight excluding hydrogens is 364 g/mol. The Bertz CT molecular complexity index is 879. The second-order valence-corrected chi connectivity index (χ2v) is 8.19. The summed E-state index contributed by atoms with van der Waals surface area (Å²) in [6.45, 7) is 1.66. The van der Waals surface area contributed by atoms with E-state index in [1.807, 2.05) is 66.5 Å². The molecule has 2 aliphatic rings. The summed E-state index contributed by atoms with van der Waals surface area (Å²) in [6, 6.07) is 17.9. The highest BCUT2D eigenvalue weighted by Gasteiger charge is 2.44. The number of methoxy groups -OCH3 is 1. The van der Waals surface area contributed by atoms with Gasteiger partial charge >= 0.3 is 0 Å². The number of carbonyl (C=O) groups excluding carboxylic acids is 2. The van der Waals surface area contributed by atoms with Crippen molar-refractivity contribution in [3.05, 3.63) is 65.7 Å². The molecular formula is C24H28N2O3. The van der Waals surface area contributed by atoms with Gasteiger partial charge in [0.1, 0.15) is 5.75 Å². The lowest BCUT2D eigenvalue weighted by atomic mass is 9.88. The van der Waals surface area contributed by atoms with Crippen LogP contribution in [0, 0.1) is 11.8 Å². The van der Waals surface area contributed by atoms with E-state index < -0.39 is 0 Å². The fourth-order valence-electron chi connectivity index (χ4n) is 4.25. The molecule has 1 aliphatic heterocycles. The van der Waals surface area contributed by atoms with Crippen LogP contribution in [0.3, 0.4) is 0 Å². The summed E-state index contributed by atoms with van der Waals surface area (Å²) in [7, 11) is 3.50. The minimum absolute atomic E-state index is 0.0153. The van der Waals surface area contributed by atoms with Gasteiger partial charge in [-0.15, -0.1) is 0 Å². The van der Waals surface area contributed by atoms with Crippen LogP contribution in [0.5, 0.6) is 5.75 Å². The Kier molecular flexibility index (Phi) is 5.56. The molecule has 1 saturated carbocycles. The minimum atomic E-state index is -0.237. The van der Waals surface area contributed by atoms with Crippen molar-refractivity contribution in [3.63, 3.8) is 0 Å². The quantitative estimate of drug-likeness (QED) is 0.758. The van der Waals surface area contributed by atoms with E-state index >= 15 is 0 Å². The number of hydrogen-bond donors (Lipinski definition) is 0. The van der Waals surface area contributed by atoms with Gasteiger partial charge in [0.05, 0.1) is 13.0 Å². The van der Waals surface area contributed by atoms with E-state index in [-0.39, 0.29) is 29.6 Å². The number of benzene rings is 2. The van der Waals surface area contributed by atoms with Gasteiger partial charge in [0.2, 0.25) is 11.8 Å². The molecule has 0 unspecified atom stereocenters. The van der Waals surface area contributed by atoms with E-state index in [0.29, 0.717) is 19.6 Å². The van der Waals surface area contributed by atoms with Crippen molar-refractivity contribution in [3.8, 4) is 5.75 Å². The summed E-state index contributed by atoms with van der Waals surface area (Å²) in [6.07, 6.45) is 1.96. The van der Waals surface area contributed by atoms with Gasteiger partial charge in [-0.1, -0.05) is 42.5 Å². The van der Waals surface area contributed by atoms with Gasteiger partial charge in [0.25, 0.3) is 0 Å². The highest BCUT2D eigenvalue weighted by Crippen LogP contribution is 2.39. The normalized spacial score (nSPS) is 21.1. The second kappa shape index (κ2) is 8.27. The van der Waals surface area contributed by atoms with Crippen molar-refractivity contribution in [1.29, 1.82) is 0 Å². The molecule has 4 rings (SSSR count). The van der Waals surface area contributed by atoms with Crippen LogP contribution in [0.1, 0.15) is 29.9 Å². The van der Waals surface area contributed by atoms with Gasteiger partial charge in [0, 0.05) is 38.5 Å². The maximum absolute atomic E-state index is 13.4. The average Bonchev–Trinajstić information content (AvgIpc) is 3.51. The van der Waals surface area contributed by atoms with Crippen molar-refractivity contribution in [2.75, 3.05) is 27.2 Å². The van der Waals surface area contributed by atoms with E-state index in [2.05, 4.69) is 0 Å². The molecule has 1 saturated heterocycles. The number of amides is 2. The zero-order chi connectivity index (χ0) is 20.4. The third-order valence-electron chi connectivity index (χ3n) is 6.04. The predicted octanol–water partition coefficient (Wildman–Crippen LogP) is 3.31. The van der Waals surface area contributed by atoms with Crippen molar-refractivity contribution < 1.29 is 14.3 Å². The van der Waals surface area contributed by atoms with Crippen molar-refractivity contribution >= 4 is 11.8 Å². The molecule has 2 fully saturated rings. The van der Waals surface area contributed by atoms with Crippen LogP contribution in [0.25, 0.3) is 0 Å². The Morgan fingerprint density at radius 3 is 2.52 bits per heavy atom. The maximum atomic E-state index is 13.4. The lowest BCUT2D eigenvalue weighted by Crippen LogP contribution is -2.37. The largest absolute Gasteiger partial charge is 0.497 e. The monoisotopic (exact) mass is 392 g/mol. The van der Waals surface area contributed by atoms with Crippen LogP contribution in [-0.4, -0.2) is 48.9 Å².